The molecule has 1 unspecified atom stereocenters. The monoisotopic (exact) mass is 273 g/mol. The number of rotatable bonds is 1. The predicted molar refractivity (Wildman–Crippen MR) is 76.5 cm³/mol. The Morgan fingerprint density at radius 2 is 2.25 bits per heavy atom. The van der Waals surface area contributed by atoms with Crippen molar-refractivity contribution < 1.29 is 9.90 Å². The molecule has 1 aliphatic heterocycles. The Morgan fingerprint density at radius 3 is 3.10 bits per heavy atom. The molecule has 1 aliphatic rings. The highest BCUT2D eigenvalue weighted by Gasteiger charge is 2.27. The molecule has 1 atom stereocenters. The first-order valence-corrected chi connectivity index (χ1v) is 7.00. The summed E-state index contributed by atoms with van der Waals surface area (Å²) < 4.78 is 0. The van der Waals surface area contributed by atoms with E-state index < -0.39 is 5.60 Å². The standard InChI is InChI=1S/C15H19N3O2/c1-15(20)5-2-7-18(8-6-15)14(19)11-3-4-12-13(9-11)17-10-16-12/h3-4,9-10,20H,2,5-8H2,1H3,(H,16,17). The number of nitrogens with one attached hydrogen (secondary N) is 1. The normalized spacial score (nSPS) is 23.8. The Bertz CT molecular complexity index is 633. The molecule has 0 radical (unpaired) electrons. The quantitative estimate of drug-likeness (QED) is 0.834. The lowest BCUT2D eigenvalue weighted by molar-refractivity contribution is 0.0438. The van der Waals surface area contributed by atoms with E-state index in [1.165, 1.54) is 0 Å². The number of carbonyl (C=O) groups excluding carboxylic acids is 1. The molecule has 1 aromatic carbocycles. The number of aliphatic hydroxyl groups is 1. The average Bonchev–Trinajstić information content (AvgIpc) is 2.81. The number of carbonyl (C=O) groups is 1. The van der Waals surface area contributed by atoms with Gasteiger partial charge in [0, 0.05) is 18.7 Å². The third-order valence-electron chi connectivity index (χ3n) is 4.02. The minimum absolute atomic E-state index is 0.0270. The van der Waals surface area contributed by atoms with E-state index in [4.69, 9.17) is 0 Å². The molecule has 106 valence electrons. The maximum atomic E-state index is 12.5. The Morgan fingerprint density at radius 1 is 1.40 bits per heavy atom. The topological polar surface area (TPSA) is 69.2 Å². The molecular weight excluding hydrogens is 254 g/mol. The molecule has 5 heteroatoms. The Kier molecular flexibility index (Phi) is 3.22. The van der Waals surface area contributed by atoms with Crippen molar-refractivity contribution in [2.75, 3.05) is 13.1 Å². The van der Waals surface area contributed by atoms with E-state index in [0.29, 0.717) is 25.1 Å². The number of imidazole rings is 1. The van der Waals surface area contributed by atoms with Crippen LogP contribution in [0.4, 0.5) is 0 Å². The molecule has 5 nitrogen and oxygen atoms in total. The first kappa shape index (κ1) is 13.1. The van der Waals surface area contributed by atoms with Gasteiger partial charge in [-0.2, -0.15) is 0 Å². The van der Waals surface area contributed by atoms with Crippen LogP contribution in [-0.4, -0.2) is 44.6 Å². The van der Waals surface area contributed by atoms with Gasteiger partial charge in [-0.3, -0.25) is 4.79 Å². The van der Waals surface area contributed by atoms with E-state index in [-0.39, 0.29) is 5.91 Å². The first-order valence-electron chi connectivity index (χ1n) is 7.00. The molecule has 1 amide bonds. The molecule has 0 bridgehead atoms. The zero-order valence-corrected chi connectivity index (χ0v) is 11.6. The van der Waals surface area contributed by atoms with E-state index in [9.17, 15) is 9.90 Å². The summed E-state index contributed by atoms with van der Waals surface area (Å²) in [7, 11) is 0. The Balaban J connectivity index is 1.80. The van der Waals surface area contributed by atoms with Gasteiger partial charge in [0.15, 0.2) is 0 Å². The number of aromatic amines is 1. The molecule has 20 heavy (non-hydrogen) atoms. The molecule has 2 N–H and O–H groups in total. The van der Waals surface area contributed by atoms with Crippen molar-refractivity contribution >= 4 is 16.9 Å². The summed E-state index contributed by atoms with van der Waals surface area (Å²) >= 11 is 0. The number of aromatic nitrogens is 2. The molecule has 0 saturated carbocycles. The van der Waals surface area contributed by atoms with Gasteiger partial charge in [-0.05, 0) is 44.4 Å². The SMILES string of the molecule is CC1(O)CCCN(C(=O)c2ccc3nc[nH]c3c2)CC1. The summed E-state index contributed by atoms with van der Waals surface area (Å²) in [6.07, 6.45) is 3.84. The van der Waals surface area contributed by atoms with Crippen molar-refractivity contribution in [1.29, 1.82) is 0 Å². The van der Waals surface area contributed by atoms with Gasteiger partial charge >= 0.3 is 0 Å². The molecule has 2 aromatic rings. The number of amides is 1. The largest absolute Gasteiger partial charge is 0.390 e. The van der Waals surface area contributed by atoms with Crippen LogP contribution in [-0.2, 0) is 0 Å². The van der Waals surface area contributed by atoms with Crippen LogP contribution in [0.25, 0.3) is 11.0 Å². The molecule has 0 aliphatic carbocycles. The second kappa shape index (κ2) is 4.90. The fraction of sp³-hybridized carbons (Fsp3) is 0.467. The van der Waals surface area contributed by atoms with Gasteiger partial charge in [-0.25, -0.2) is 4.98 Å². The summed E-state index contributed by atoms with van der Waals surface area (Å²) in [6, 6.07) is 5.51. The lowest BCUT2D eigenvalue weighted by atomic mass is 9.98. The average molecular weight is 273 g/mol. The summed E-state index contributed by atoms with van der Waals surface area (Å²) in [6.45, 7) is 3.15. The molecule has 1 aromatic heterocycles. The number of H-pyrrole nitrogens is 1. The third kappa shape index (κ3) is 2.54. The van der Waals surface area contributed by atoms with Crippen molar-refractivity contribution in [2.45, 2.75) is 31.8 Å². The highest BCUT2D eigenvalue weighted by atomic mass is 16.3. The van der Waals surface area contributed by atoms with Crippen molar-refractivity contribution in [3.05, 3.63) is 30.1 Å². The summed E-state index contributed by atoms with van der Waals surface area (Å²) in [5.41, 5.74) is 1.75. The fourth-order valence-electron chi connectivity index (χ4n) is 2.72. The maximum absolute atomic E-state index is 12.5. The molecule has 2 heterocycles. The minimum atomic E-state index is -0.650. The van der Waals surface area contributed by atoms with Gasteiger partial charge in [0.2, 0.25) is 0 Å². The van der Waals surface area contributed by atoms with E-state index in [1.807, 2.05) is 30.0 Å². The lowest BCUT2D eigenvalue weighted by Gasteiger charge is -2.22. The van der Waals surface area contributed by atoms with E-state index in [0.717, 1.165) is 23.9 Å². The van der Waals surface area contributed by atoms with Crippen LogP contribution >= 0.6 is 0 Å². The lowest BCUT2D eigenvalue weighted by Crippen LogP contribution is -2.33. The van der Waals surface area contributed by atoms with E-state index in [1.54, 1.807) is 6.33 Å². The highest BCUT2D eigenvalue weighted by Crippen LogP contribution is 2.23. The molecule has 1 fully saturated rings. The minimum Gasteiger partial charge on any atom is -0.390 e. The number of fused-ring (bicyclic) bond motifs is 1. The van der Waals surface area contributed by atoms with Gasteiger partial charge in [-0.15, -0.1) is 0 Å². The number of hydrogen-bond donors (Lipinski definition) is 2. The molecule has 0 spiro atoms. The third-order valence-corrected chi connectivity index (χ3v) is 4.02. The second-order valence-corrected chi connectivity index (χ2v) is 5.78. The van der Waals surface area contributed by atoms with Crippen LogP contribution in [0.1, 0.15) is 36.5 Å². The highest BCUT2D eigenvalue weighted by molar-refractivity contribution is 5.97. The van der Waals surface area contributed by atoms with E-state index >= 15 is 0 Å². The van der Waals surface area contributed by atoms with Crippen molar-refractivity contribution in [2.24, 2.45) is 0 Å². The number of hydrogen-bond acceptors (Lipinski definition) is 3. The number of nitrogens with zero attached hydrogens (tertiary/aromatic N) is 2. The summed E-state index contributed by atoms with van der Waals surface area (Å²) in [5, 5.41) is 10.1. The van der Waals surface area contributed by atoms with Crippen molar-refractivity contribution in [3.63, 3.8) is 0 Å². The summed E-state index contributed by atoms with van der Waals surface area (Å²) in [4.78, 5) is 21.5. The van der Waals surface area contributed by atoms with Gasteiger partial charge in [0.1, 0.15) is 0 Å². The van der Waals surface area contributed by atoms with Gasteiger partial charge in [0.05, 0.1) is 23.0 Å². The number of likely N-dealkylation sites (tertiary alicyclic amines) is 1. The summed E-state index contributed by atoms with van der Waals surface area (Å²) in [5.74, 6) is 0.0270. The number of benzene rings is 1. The molecular formula is C15H19N3O2. The zero-order chi connectivity index (χ0) is 14.2. The Hall–Kier alpha value is -1.88. The van der Waals surface area contributed by atoms with Crippen LogP contribution < -0.4 is 0 Å². The van der Waals surface area contributed by atoms with Gasteiger partial charge < -0.3 is 15.0 Å². The maximum Gasteiger partial charge on any atom is 0.253 e. The van der Waals surface area contributed by atoms with Gasteiger partial charge in [-0.1, -0.05) is 0 Å². The smallest absolute Gasteiger partial charge is 0.253 e. The van der Waals surface area contributed by atoms with Crippen molar-refractivity contribution in [1.82, 2.24) is 14.9 Å². The van der Waals surface area contributed by atoms with Crippen LogP contribution in [0, 0.1) is 0 Å². The molecule has 1 saturated heterocycles. The van der Waals surface area contributed by atoms with Crippen LogP contribution in [0.15, 0.2) is 24.5 Å². The Labute approximate surface area is 117 Å². The van der Waals surface area contributed by atoms with Crippen molar-refractivity contribution in [3.8, 4) is 0 Å². The fourth-order valence-corrected chi connectivity index (χ4v) is 2.72. The van der Waals surface area contributed by atoms with Gasteiger partial charge in [0.25, 0.3) is 5.91 Å². The van der Waals surface area contributed by atoms with Crippen LogP contribution in [0.5, 0.6) is 0 Å². The molecule has 3 rings (SSSR count). The first-order chi connectivity index (χ1) is 9.55. The second-order valence-electron chi connectivity index (χ2n) is 5.78. The van der Waals surface area contributed by atoms with Crippen LogP contribution in [0.3, 0.4) is 0 Å². The predicted octanol–water partition coefficient (Wildman–Crippen LogP) is 1.94. The van der Waals surface area contributed by atoms with E-state index in [2.05, 4.69) is 9.97 Å². The van der Waals surface area contributed by atoms with Crippen LogP contribution in [0.2, 0.25) is 0 Å². The zero-order valence-electron chi connectivity index (χ0n) is 11.6.